The van der Waals surface area contributed by atoms with Gasteiger partial charge in [0.25, 0.3) is 0 Å². The summed E-state index contributed by atoms with van der Waals surface area (Å²) >= 11 is 0. The van der Waals surface area contributed by atoms with Crippen molar-refractivity contribution in [3.63, 3.8) is 0 Å². The fourth-order valence-corrected chi connectivity index (χ4v) is 2.25. The second kappa shape index (κ2) is 7.40. The molecule has 21 heavy (non-hydrogen) atoms. The lowest BCUT2D eigenvalue weighted by molar-refractivity contribution is -0.132. The van der Waals surface area contributed by atoms with Crippen LogP contribution in [0.25, 0.3) is 0 Å². The third-order valence-corrected chi connectivity index (χ3v) is 3.33. The van der Waals surface area contributed by atoms with Crippen molar-refractivity contribution < 1.29 is 19.1 Å². The van der Waals surface area contributed by atoms with Gasteiger partial charge in [0.1, 0.15) is 6.61 Å². The summed E-state index contributed by atoms with van der Waals surface area (Å²) in [6.45, 7) is 7.01. The van der Waals surface area contributed by atoms with Crippen molar-refractivity contribution in [2.45, 2.75) is 32.7 Å². The van der Waals surface area contributed by atoms with E-state index in [1.165, 1.54) is 7.11 Å². The summed E-state index contributed by atoms with van der Waals surface area (Å²) in [4.78, 5) is 36.8. The highest BCUT2D eigenvalue weighted by Crippen LogP contribution is 2.25. The van der Waals surface area contributed by atoms with Crippen molar-refractivity contribution >= 4 is 17.7 Å². The second-order valence-electron chi connectivity index (χ2n) is 6.15. The zero-order valence-corrected chi connectivity index (χ0v) is 13.2. The maximum Gasteiger partial charge on any atom is 0.246 e. The normalized spacial score (nSPS) is 18.8. The molecule has 0 bridgehead atoms. The maximum absolute atomic E-state index is 12.0. The van der Waals surface area contributed by atoms with Gasteiger partial charge in [-0.2, -0.15) is 0 Å². The average molecular weight is 299 g/mol. The quantitative estimate of drug-likeness (QED) is 0.648. The Bertz CT molecular complexity index is 404. The van der Waals surface area contributed by atoms with Crippen LogP contribution in [0.15, 0.2) is 0 Å². The van der Waals surface area contributed by atoms with Crippen molar-refractivity contribution in [3.05, 3.63) is 0 Å². The molecule has 0 aromatic carbocycles. The van der Waals surface area contributed by atoms with E-state index in [4.69, 9.17) is 0 Å². The molecule has 1 aliphatic rings. The lowest BCUT2D eigenvalue weighted by atomic mass is 10.1. The van der Waals surface area contributed by atoms with Gasteiger partial charge in [-0.3, -0.25) is 14.4 Å². The van der Waals surface area contributed by atoms with Crippen LogP contribution in [0.4, 0.5) is 0 Å². The van der Waals surface area contributed by atoms with Crippen LogP contribution in [0.1, 0.15) is 27.2 Å². The first kappa shape index (κ1) is 17.4. The molecule has 2 N–H and O–H groups in total. The van der Waals surface area contributed by atoms with Gasteiger partial charge in [-0.15, -0.1) is 0 Å². The van der Waals surface area contributed by atoms with Crippen LogP contribution in [-0.2, 0) is 19.1 Å². The van der Waals surface area contributed by atoms with Crippen LogP contribution in [0.2, 0.25) is 0 Å². The van der Waals surface area contributed by atoms with Crippen LogP contribution in [0.5, 0.6) is 0 Å². The minimum Gasteiger partial charge on any atom is -0.375 e. The molecule has 1 atom stereocenters. The average Bonchev–Trinajstić information content (AvgIpc) is 2.77. The molecular formula is C14H25N3O4. The molecule has 0 saturated carbocycles. The Morgan fingerprint density at radius 2 is 1.90 bits per heavy atom. The first-order chi connectivity index (χ1) is 9.75. The van der Waals surface area contributed by atoms with Gasteiger partial charge < -0.3 is 20.3 Å². The minimum atomic E-state index is -0.314. The number of rotatable bonds is 6. The van der Waals surface area contributed by atoms with Gasteiger partial charge in [-0.05, 0) is 20.8 Å². The lowest BCUT2D eigenvalue weighted by Gasteiger charge is -2.31. The van der Waals surface area contributed by atoms with Gasteiger partial charge in [0.05, 0.1) is 5.92 Å². The number of ether oxygens (including phenoxy) is 1. The first-order valence-corrected chi connectivity index (χ1v) is 7.09. The molecule has 0 aromatic heterocycles. The van der Waals surface area contributed by atoms with E-state index < -0.39 is 0 Å². The highest BCUT2D eigenvalue weighted by Gasteiger charge is 2.39. The van der Waals surface area contributed by atoms with Crippen molar-refractivity contribution in [1.29, 1.82) is 0 Å². The van der Waals surface area contributed by atoms with Crippen LogP contribution in [0, 0.1) is 5.92 Å². The standard InChI is InChI=1S/C14H25N3O4/c1-14(2,3)17-8-10(7-12(17)19)13(20)16-6-5-15-11(18)9-21-4/h10H,5-9H2,1-4H3,(H,15,18)(H,16,20). The van der Waals surface area contributed by atoms with Gasteiger partial charge in [-0.25, -0.2) is 0 Å². The molecule has 1 heterocycles. The van der Waals surface area contributed by atoms with Gasteiger partial charge >= 0.3 is 0 Å². The van der Waals surface area contributed by atoms with Gasteiger partial charge in [0.15, 0.2) is 0 Å². The van der Waals surface area contributed by atoms with Crippen molar-refractivity contribution in [3.8, 4) is 0 Å². The van der Waals surface area contributed by atoms with Crippen LogP contribution >= 0.6 is 0 Å². The molecule has 3 amide bonds. The van der Waals surface area contributed by atoms with Crippen molar-refractivity contribution in [2.24, 2.45) is 5.92 Å². The Morgan fingerprint density at radius 3 is 2.43 bits per heavy atom. The van der Waals surface area contributed by atoms with E-state index >= 15 is 0 Å². The fraction of sp³-hybridized carbons (Fsp3) is 0.786. The Hall–Kier alpha value is -1.63. The lowest BCUT2D eigenvalue weighted by Crippen LogP contribution is -2.43. The first-order valence-electron chi connectivity index (χ1n) is 7.09. The summed E-state index contributed by atoms with van der Waals surface area (Å²) < 4.78 is 4.68. The highest BCUT2D eigenvalue weighted by atomic mass is 16.5. The predicted molar refractivity (Wildman–Crippen MR) is 77.5 cm³/mol. The number of hydrogen-bond donors (Lipinski definition) is 2. The SMILES string of the molecule is COCC(=O)NCCNC(=O)C1CC(=O)N(C(C)(C)C)C1. The van der Waals surface area contributed by atoms with E-state index in [2.05, 4.69) is 15.4 Å². The summed E-state index contributed by atoms with van der Waals surface area (Å²) in [7, 11) is 1.44. The van der Waals surface area contributed by atoms with E-state index in [1.807, 2.05) is 20.8 Å². The molecule has 7 heteroatoms. The number of nitrogens with one attached hydrogen (secondary N) is 2. The maximum atomic E-state index is 12.0. The van der Waals surface area contributed by atoms with Gasteiger partial charge in [-0.1, -0.05) is 0 Å². The van der Waals surface area contributed by atoms with E-state index in [-0.39, 0.29) is 42.2 Å². The topological polar surface area (TPSA) is 87.7 Å². The van der Waals surface area contributed by atoms with Crippen LogP contribution in [-0.4, -0.2) is 61.5 Å². The van der Waals surface area contributed by atoms with Crippen LogP contribution < -0.4 is 10.6 Å². The number of amides is 3. The van der Waals surface area contributed by atoms with Gasteiger partial charge in [0, 0.05) is 38.7 Å². The molecule has 0 aromatic rings. The van der Waals surface area contributed by atoms with E-state index in [0.717, 1.165) is 0 Å². The second-order valence-corrected chi connectivity index (χ2v) is 6.15. The molecule has 0 spiro atoms. The summed E-state index contributed by atoms with van der Waals surface area (Å²) in [5.41, 5.74) is -0.264. The van der Waals surface area contributed by atoms with Crippen LogP contribution in [0.3, 0.4) is 0 Å². The zero-order valence-electron chi connectivity index (χ0n) is 13.2. The van der Waals surface area contributed by atoms with Crippen molar-refractivity contribution in [2.75, 3.05) is 33.4 Å². The molecular weight excluding hydrogens is 274 g/mol. The summed E-state index contributed by atoms with van der Waals surface area (Å²) in [5.74, 6) is -0.666. The zero-order chi connectivity index (χ0) is 16.0. The van der Waals surface area contributed by atoms with E-state index in [1.54, 1.807) is 4.90 Å². The summed E-state index contributed by atoms with van der Waals surface area (Å²) in [5, 5.41) is 5.36. The number of hydrogen-bond acceptors (Lipinski definition) is 4. The smallest absolute Gasteiger partial charge is 0.246 e. The summed E-state index contributed by atoms with van der Waals surface area (Å²) in [6.07, 6.45) is 0.249. The molecule has 1 rings (SSSR count). The Morgan fingerprint density at radius 1 is 1.29 bits per heavy atom. The summed E-state index contributed by atoms with van der Waals surface area (Å²) in [6, 6.07) is 0. The fourth-order valence-electron chi connectivity index (χ4n) is 2.25. The molecule has 1 unspecified atom stereocenters. The predicted octanol–water partition coefficient (Wildman–Crippen LogP) is -0.488. The largest absolute Gasteiger partial charge is 0.375 e. The third-order valence-electron chi connectivity index (χ3n) is 3.33. The Labute approximate surface area is 125 Å². The Balaban J connectivity index is 2.31. The minimum absolute atomic E-state index is 0.00557. The molecule has 1 fully saturated rings. The molecule has 1 saturated heterocycles. The highest BCUT2D eigenvalue weighted by molar-refractivity contribution is 5.89. The molecule has 0 radical (unpaired) electrons. The molecule has 120 valence electrons. The van der Waals surface area contributed by atoms with Crippen molar-refractivity contribution in [1.82, 2.24) is 15.5 Å². The van der Waals surface area contributed by atoms with Gasteiger partial charge in [0.2, 0.25) is 17.7 Å². The van der Waals surface area contributed by atoms with E-state index in [9.17, 15) is 14.4 Å². The monoisotopic (exact) mass is 299 g/mol. The molecule has 7 nitrogen and oxygen atoms in total. The van der Waals surface area contributed by atoms with E-state index in [0.29, 0.717) is 19.6 Å². The number of carbonyl (C=O) groups is 3. The number of carbonyl (C=O) groups excluding carboxylic acids is 3. The number of methoxy groups -OCH3 is 1. The molecule has 1 aliphatic heterocycles. The molecule has 0 aliphatic carbocycles. The third kappa shape index (κ3) is 5.34. The Kier molecular flexibility index (Phi) is 6.14. The number of nitrogens with zero attached hydrogens (tertiary/aromatic N) is 1. The number of likely N-dealkylation sites (tertiary alicyclic amines) is 1.